The van der Waals surface area contributed by atoms with Crippen LogP contribution in [0.25, 0.3) is 0 Å². The van der Waals surface area contributed by atoms with Gasteiger partial charge in [-0.2, -0.15) is 0 Å². The molecule has 0 spiro atoms. The number of carbonyl (C=O) groups is 1. The van der Waals surface area contributed by atoms with E-state index in [1.807, 2.05) is 13.8 Å². The summed E-state index contributed by atoms with van der Waals surface area (Å²) < 4.78 is 5.57. The molecule has 2 rings (SSSR count). The molecule has 0 bridgehead atoms. The number of amides is 1. The number of H-pyrrole nitrogens is 1. The van der Waals surface area contributed by atoms with Crippen LogP contribution in [0.4, 0.5) is 0 Å². The first-order valence-electron chi connectivity index (χ1n) is 7.27. The largest absolute Gasteiger partial charge is 0.483 e. The third kappa shape index (κ3) is 4.97. The zero-order chi connectivity index (χ0) is 16.8. The number of hydrogen-bond donors (Lipinski definition) is 2. The number of rotatable bonds is 7. The lowest BCUT2D eigenvalue weighted by Gasteiger charge is -2.21. The van der Waals surface area contributed by atoms with E-state index in [1.54, 1.807) is 24.4 Å². The Hall–Kier alpha value is -2.05. The number of imidazole rings is 1. The highest BCUT2D eigenvalue weighted by atomic mass is 35.5. The van der Waals surface area contributed by atoms with E-state index >= 15 is 0 Å². The Bertz CT molecular complexity index is 672. The summed E-state index contributed by atoms with van der Waals surface area (Å²) in [5.41, 5.74) is 1.68. The number of ether oxygens (including phenoxy) is 1. The molecule has 124 valence electrons. The lowest BCUT2D eigenvalue weighted by atomic mass is 10.2. The zero-order valence-electron chi connectivity index (χ0n) is 13.2. The SMILES string of the molecule is Cc1ncc(CN(CCO)C(=O)COc2ccc(Cl)cc2C)[nH]1. The lowest BCUT2D eigenvalue weighted by molar-refractivity contribution is -0.134. The highest BCUT2D eigenvalue weighted by Gasteiger charge is 2.16. The van der Waals surface area contributed by atoms with Crippen molar-refractivity contribution in [3.05, 3.63) is 46.5 Å². The molecular weight excluding hydrogens is 318 g/mol. The number of aryl methyl sites for hydroxylation is 2. The third-order valence-corrected chi connectivity index (χ3v) is 3.56. The van der Waals surface area contributed by atoms with Crippen molar-refractivity contribution in [3.63, 3.8) is 0 Å². The van der Waals surface area contributed by atoms with Crippen LogP contribution in [0.15, 0.2) is 24.4 Å². The Morgan fingerprint density at radius 3 is 2.83 bits per heavy atom. The van der Waals surface area contributed by atoms with Crippen LogP contribution in [-0.2, 0) is 11.3 Å². The van der Waals surface area contributed by atoms with E-state index in [-0.39, 0.29) is 25.7 Å². The fourth-order valence-corrected chi connectivity index (χ4v) is 2.40. The summed E-state index contributed by atoms with van der Waals surface area (Å²) in [6.07, 6.45) is 1.68. The second-order valence-corrected chi connectivity index (χ2v) is 5.67. The van der Waals surface area contributed by atoms with E-state index in [2.05, 4.69) is 9.97 Å². The van der Waals surface area contributed by atoms with Gasteiger partial charge in [-0.3, -0.25) is 4.79 Å². The Morgan fingerprint density at radius 1 is 1.43 bits per heavy atom. The van der Waals surface area contributed by atoms with E-state index < -0.39 is 0 Å². The lowest BCUT2D eigenvalue weighted by Crippen LogP contribution is -2.36. The van der Waals surface area contributed by atoms with Gasteiger partial charge in [0.15, 0.2) is 6.61 Å². The van der Waals surface area contributed by atoms with Crippen LogP contribution in [0.3, 0.4) is 0 Å². The molecule has 0 saturated heterocycles. The minimum absolute atomic E-state index is 0.102. The molecule has 0 aliphatic rings. The molecule has 1 heterocycles. The summed E-state index contributed by atoms with van der Waals surface area (Å²) in [5, 5.41) is 9.78. The smallest absolute Gasteiger partial charge is 0.260 e. The minimum Gasteiger partial charge on any atom is -0.483 e. The first-order valence-corrected chi connectivity index (χ1v) is 7.65. The van der Waals surface area contributed by atoms with Gasteiger partial charge in [-0.05, 0) is 37.6 Å². The summed E-state index contributed by atoms with van der Waals surface area (Å²) in [7, 11) is 0. The molecule has 23 heavy (non-hydrogen) atoms. The monoisotopic (exact) mass is 337 g/mol. The summed E-state index contributed by atoms with van der Waals surface area (Å²) in [6, 6.07) is 5.23. The zero-order valence-corrected chi connectivity index (χ0v) is 13.9. The van der Waals surface area contributed by atoms with Gasteiger partial charge < -0.3 is 19.7 Å². The molecule has 0 fully saturated rings. The second kappa shape index (κ2) is 7.99. The van der Waals surface area contributed by atoms with Gasteiger partial charge >= 0.3 is 0 Å². The molecule has 0 atom stereocenters. The van der Waals surface area contributed by atoms with Crippen molar-refractivity contribution >= 4 is 17.5 Å². The maximum Gasteiger partial charge on any atom is 0.260 e. The predicted molar refractivity (Wildman–Crippen MR) is 87.5 cm³/mol. The van der Waals surface area contributed by atoms with Gasteiger partial charge in [0.2, 0.25) is 0 Å². The number of aliphatic hydroxyl groups is 1. The van der Waals surface area contributed by atoms with Crippen molar-refractivity contribution in [3.8, 4) is 5.75 Å². The average molecular weight is 338 g/mol. The molecule has 6 nitrogen and oxygen atoms in total. The number of benzene rings is 1. The molecule has 2 aromatic rings. The quantitative estimate of drug-likeness (QED) is 0.810. The van der Waals surface area contributed by atoms with Crippen molar-refractivity contribution in [2.45, 2.75) is 20.4 Å². The van der Waals surface area contributed by atoms with Crippen LogP contribution in [0, 0.1) is 13.8 Å². The molecule has 1 amide bonds. The van der Waals surface area contributed by atoms with Gasteiger partial charge in [-0.1, -0.05) is 11.6 Å². The number of aromatic amines is 1. The third-order valence-electron chi connectivity index (χ3n) is 3.33. The number of aromatic nitrogens is 2. The first kappa shape index (κ1) is 17.3. The van der Waals surface area contributed by atoms with Crippen LogP contribution in [0.5, 0.6) is 5.75 Å². The molecule has 0 unspecified atom stereocenters. The van der Waals surface area contributed by atoms with Crippen LogP contribution in [-0.4, -0.2) is 45.6 Å². The second-order valence-electron chi connectivity index (χ2n) is 5.23. The molecule has 7 heteroatoms. The summed E-state index contributed by atoms with van der Waals surface area (Å²) in [5.74, 6) is 1.19. The van der Waals surface area contributed by atoms with Crippen molar-refractivity contribution in [2.24, 2.45) is 0 Å². The van der Waals surface area contributed by atoms with Gasteiger partial charge in [0.05, 0.1) is 25.0 Å². The summed E-state index contributed by atoms with van der Waals surface area (Å²) in [6.45, 7) is 4.08. The fourth-order valence-electron chi connectivity index (χ4n) is 2.18. The van der Waals surface area contributed by atoms with Crippen molar-refractivity contribution in [2.75, 3.05) is 19.8 Å². The molecule has 0 aliphatic carbocycles. The number of halogens is 1. The molecular formula is C16H20ClN3O3. The average Bonchev–Trinajstić information content (AvgIpc) is 2.91. The van der Waals surface area contributed by atoms with Gasteiger partial charge in [0.1, 0.15) is 11.6 Å². The first-order chi connectivity index (χ1) is 11.0. The van der Waals surface area contributed by atoms with Gasteiger partial charge in [0, 0.05) is 11.6 Å². The van der Waals surface area contributed by atoms with E-state index in [1.165, 1.54) is 4.90 Å². The standard InChI is InChI=1S/C16H20ClN3O3/c1-11-7-13(17)3-4-15(11)23-10-16(22)20(5-6-21)9-14-8-18-12(2)19-14/h3-4,7-8,21H,5-6,9-10H2,1-2H3,(H,18,19). The number of carbonyl (C=O) groups excluding carboxylic acids is 1. The molecule has 1 aromatic heterocycles. The van der Waals surface area contributed by atoms with Crippen LogP contribution < -0.4 is 4.74 Å². The van der Waals surface area contributed by atoms with Crippen molar-refractivity contribution in [1.29, 1.82) is 0 Å². The van der Waals surface area contributed by atoms with E-state index in [4.69, 9.17) is 21.4 Å². The Labute approximate surface area is 140 Å². The predicted octanol–water partition coefficient (Wildman–Crippen LogP) is 2.08. The van der Waals surface area contributed by atoms with Crippen LogP contribution in [0.1, 0.15) is 17.1 Å². The molecule has 0 saturated carbocycles. The summed E-state index contributed by atoms with van der Waals surface area (Å²) >= 11 is 5.90. The van der Waals surface area contributed by atoms with Crippen LogP contribution in [0.2, 0.25) is 5.02 Å². The highest BCUT2D eigenvalue weighted by Crippen LogP contribution is 2.21. The fraction of sp³-hybridized carbons (Fsp3) is 0.375. The number of nitrogens with one attached hydrogen (secondary N) is 1. The molecule has 1 aromatic carbocycles. The minimum atomic E-state index is -0.208. The number of aliphatic hydroxyl groups excluding tert-OH is 1. The topological polar surface area (TPSA) is 78.4 Å². The van der Waals surface area contributed by atoms with Gasteiger partial charge in [-0.25, -0.2) is 4.98 Å². The number of nitrogens with zero attached hydrogens (tertiary/aromatic N) is 2. The molecule has 0 radical (unpaired) electrons. The highest BCUT2D eigenvalue weighted by molar-refractivity contribution is 6.30. The summed E-state index contributed by atoms with van der Waals surface area (Å²) in [4.78, 5) is 21.0. The Morgan fingerprint density at radius 2 is 2.22 bits per heavy atom. The maximum absolute atomic E-state index is 12.3. The Balaban J connectivity index is 1.97. The van der Waals surface area contributed by atoms with Crippen molar-refractivity contribution in [1.82, 2.24) is 14.9 Å². The maximum atomic E-state index is 12.3. The van der Waals surface area contributed by atoms with E-state index in [0.717, 1.165) is 17.1 Å². The number of hydrogen-bond acceptors (Lipinski definition) is 4. The normalized spacial score (nSPS) is 10.6. The van der Waals surface area contributed by atoms with E-state index in [9.17, 15) is 4.79 Å². The molecule has 0 aliphatic heterocycles. The van der Waals surface area contributed by atoms with Crippen LogP contribution >= 0.6 is 11.6 Å². The van der Waals surface area contributed by atoms with Gasteiger partial charge in [0.25, 0.3) is 5.91 Å². The van der Waals surface area contributed by atoms with Gasteiger partial charge in [-0.15, -0.1) is 0 Å². The van der Waals surface area contributed by atoms with E-state index in [0.29, 0.717) is 17.3 Å². The van der Waals surface area contributed by atoms with Crippen molar-refractivity contribution < 1.29 is 14.6 Å². The Kier molecular flexibility index (Phi) is 6.01. The molecule has 2 N–H and O–H groups in total.